The average Bonchev–Trinajstić information content (AvgIpc) is 2.39. The summed E-state index contributed by atoms with van der Waals surface area (Å²) in [6.45, 7) is 0.0263. The van der Waals surface area contributed by atoms with E-state index in [-0.39, 0.29) is 17.3 Å². The molecule has 0 heterocycles. The predicted octanol–water partition coefficient (Wildman–Crippen LogP) is 3.57. The van der Waals surface area contributed by atoms with E-state index >= 15 is 0 Å². The highest BCUT2D eigenvalue weighted by molar-refractivity contribution is 9.10. The van der Waals surface area contributed by atoms with E-state index in [2.05, 4.69) is 15.9 Å². The van der Waals surface area contributed by atoms with Crippen LogP contribution in [0.3, 0.4) is 0 Å². The van der Waals surface area contributed by atoms with Crippen molar-refractivity contribution in [3.8, 4) is 5.75 Å². The van der Waals surface area contributed by atoms with Crippen LogP contribution in [-0.4, -0.2) is 14.7 Å². The number of ether oxygens (including phenoxy) is 1. The van der Waals surface area contributed by atoms with Gasteiger partial charge in [-0.15, -0.1) is 0 Å². The van der Waals surface area contributed by atoms with Crippen molar-refractivity contribution in [2.45, 2.75) is 11.5 Å². The summed E-state index contributed by atoms with van der Waals surface area (Å²) in [5, 5.41) is 0. The molecule has 0 atom stereocenters. The zero-order valence-electron chi connectivity index (χ0n) is 10.6. The molecule has 106 valence electrons. The fourth-order valence-corrected chi connectivity index (χ4v) is 2.67. The highest BCUT2D eigenvalue weighted by Gasteiger charge is 2.09. The van der Waals surface area contributed by atoms with Gasteiger partial charge in [0.1, 0.15) is 18.2 Å². The first-order valence-corrected chi connectivity index (χ1v) is 8.41. The van der Waals surface area contributed by atoms with Crippen LogP contribution in [0.25, 0.3) is 0 Å². The summed E-state index contributed by atoms with van der Waals surface area (Å²) in [5.41, 5.74) is 0.393. The normalized spacial score (nSPS) is 11.3. The molecule has 6 heteroatoms. The third-order valence-corrected chi connectivity index (χ3v) is 4.24. The first kappa shape index (κ1) is 15.0. The Balaban J connectivity index is 2.17. The largest absolute Gasteiger partial charge is 0.489 e. The molecule has 3 nitrogen and oxygen atoms in total. The Kier molecular flexibility index (Phi) is 4.45. The van der Waals surface area contributed by atoms with Gasteiger partial charge in [0, 0.05) is 16.3 Å². The minimum absolute atomic E-state index is 0.0263. The molecule has 0 aliphatic rings. The van der Waals surface area contributed by atoms with E-state index in [9.17, 15) is 12.8 Å². The van der Waals surface area contributed by atoms with Gasteiger partial charge in [-0.25, -0.2) is 12.8 Å². The van der Waals surface area contributed by atoms with E-state index in [0.29, 0.717) is 11.3 Å². The van der Waals surface area contributed by atoms with Gasteiger partial charge in [-0.3, -0.25) is 0 Å². The van der Waals surface area contributed by atoms with Gasteiger partial charge in [-0.1, -0.05) is 22.0 Å². The number of benzene rings is 2. The summed E-state index contributed by atoms with van der Waals surface area (Å²) in [5.74, 6) is 0.0137. The van der Waals surface area contributed by atoms with Gasteiger partial charge in [0.05, 0.1) is 4.90 Å². The summed E-state index contributed by atoms with van der Waals surface area (Å²) in [4.78, 5) is 0.171. The van der Waals surface area contributed by atoms with Crippen LogP contribution in [0.4, 0.5) is 4.39 Å². The van der Waals surface area contributed by atoms with Crippen molar-refractivity contribution in [3.05, 3.63) is 58.3 Å². The van der Waals surface area contributed by atoms with E-state index in [1.54, 1.807) is 24.3 Å². The van der Waals surface area contributed by atoms with Crippen LogP contribution >= 0.6 is 15.9 Å². The quantitative estimate of drug-likeness (QED) is 0.838. The van der Waals surface area contributed by atoms with Gasteiger partial charge in [0.15, 0.2) is 9.84 Å². The molecule has 2 aromatic rings. The second kappa shape index (κ2) is 5.93. The summed E-state index contributed by atoms with van der Waals surface area (Å²) < 4.78 is 42.6. The van der Waals surface area contributed by atoms with Crippen molar-refractivity contribution in [2.24, 2.45) is 0 Å². The lowest BCUT2D eigenvalue weighted by molar-refractivity contribution is 0.299. The van der Waals surface area contributed by atoms with Gasteiger partial charge >= 0.3 is 0 Å². The van der Waals surface area contributed by atoms with Crippen LogP contribution in [0, 0.1) is 5.82 Å². The Hall–Kier alpha value is -1.40. The maximum Gasteiger partial charge on any atom is 0.175 e. The van der Waals surface area contributed by atoms with Gasteiger partial charge in [-0.2, -0.15) is 0 Å². The van der Waals surface area contributed by atoms with E-state index < -0.39 is 9.84 Å². The monoisotopic (exact) mass is 358 g/mol. The van der Waals surface area contributed by atoms with Crippen LogP contribution in [0.15, 0.2) is 51.8 Å². The predicted molar refractivity (Wildman–Crippen MR) is 78.0 cm³/mol. The molecule has 0 unspecified atom stereocenters. The molecular formula is C14H12BrFO3S. The fourth-order valence-electron chi connectivity index (χ4n) is 1.61. The van der Waals surface area contributed by atoms with Crippen molar-refractivity contribution in [2.75, 3.05) is 6.26 Å². The Labute approximate surface area is 125 Å². The molecule has 0 aliphatic carbocycles. The molecule has 0 bridgehead atoms. The molecule has 20 heavy (non-hydrogen) atoms. The van der Waals surface area contributed by atoms with Crippen molar-refractivity contribution in [1.29, 1.82) is 0 Å². The molecule has 0 spiro atoms. The van der Waals surface area contributed by atoms with Crippen LogP contribution in [-0.2, 0) is 16.4 Å². The lowest BCUT2D eigenvalue weighted by Gasteiger charge is -2.08. The number of halogens is 2. The Morgan fingerprint density at radius 1 is 1.20 bits per heavy atom. The van der Waals surface area contributed by atoms with Crippen molar-refractivity contribution < 1.29 is 17.5 Å². The van der Waals surface area contributed by atoms with Gasteiger partial charge in [-0.05, 0) is 36.4 Å². The van der Waals surface area contributed by atoms with Gasteiger partial charge < -0.3 is 4.74 Å². The van der Waals surface area contributed by atoms with Crippen molar-refractivity contribution in [3.63, 3.8) is 0 Å². The van der Waals surface area contributed by atoms with Crippen molar-refractivity contribution in [1.82, 2.24) is 0 Å². The van der Waals surface area contributed by atoms with Crippen molar-refractivity contribution >= 4 is 25.8 Å². The third-order valence-electron chi connectivity index (χ3n) is 2.64. The molecule has 0 saturated heterocycles. The first-order chi connectivity index (χ1) is 9.36. The highest BCUT2D eigenvalue weighted by Crippen LogP contribution is 2.21. The number of hydrogen-bond acceptors (Lipinski definition) is 3. The molecule has 0 aliphatic heterocycles. The molecule has 0 radical (unpaired) electrons. The standard InChI is InChI=1S/C14H12BrFO3S/c1-20(17,18)13-4-2-3-12(8-13)19-9-10-7-11(15)5-6-14(10)16/h2-8H,9H2,1H3. The molecule has 0 fully saturated rings. The molecular weight excluding hydrogens is 347 g/mol. The zero-order chi connectivity index (χ0) is 14.8. The van der Waals surface area contributed by atoms with E-state index in [4.69, 9.17) is 4.74 Å². The summed E-state index contributed by atoms with van der Waals surface area (Å²) in [7, 11) is -3.28. The zero-order valence-corrected chi connectivity index (χ0v) is 13.0. The average molecular weight is 359 g/mol. The van der Waals surface area contributed by atoms with Gasteiger partial charge in [0.2, 0.25) is 0 Å². The van der Waals surface area contributed by atoms with E-state index in [0.717, 1.165) is 10.7 Å². The molecule has 2 aromatic carbocycles. The molecule has 0 aromatic heterocycles. The second-order valence-electron chi connectivity index (χ2n) is 4.27. The lowest BCUT2D eigenvalue weighted by atomic mass is 10.2. The fraction of sp³-hybridized carbons (Fsp3) is 0.143. The number of rotatable bonds is 4. The first-order valence-electron chi connectivity index (χ1n) is 5.73. The minimum Gasteiger partial charge on any atom is -0.489 e. The number of hydrogen-bond donors (Lipinski definition) is 0. The summed E-state index contributed by atoms with van der Waals surface area (Å²) in [6, 6.07) is 10.7. The van der Waals surface area contributed by atoms with E-state index in [1.807, 2.05) is 0 Å². The van der Waals surface area contributed by atoms with Crippen LogP contribution in [0.2, 0.25) is 0 Å². The Morgan fingerprint density at radius 3 is 2.65 bits per heavy atom. The minimum atomic E-state index is -3.28. The summed E-state index contributed by atoms with van der Waals surface area (Å²) in [6.07, 6.45) is 1.13. The van der Waals surface area contributed by atoms with Gasteiger partial charge in [0.25, 0.3) is 0 Å². The maximum absolute atomic E-state index is 13.5. The second-order valence-corrected chi connectivity index (χ2v) is 7.20. The molecule has 0 N–H and O–H groups in total. The third kappa shape index (κ3) is 3.80. The lowest BCUT2D eigenvalue weighted by Crippen LogP contribution is -2.01. The number of sulfone groups is 1. The molecule has 0 amide bonds. The smallest absolute Gasteiger partial charge is 0.175 e. The molecule has 2 rings (SSSR count). The Bertz CT molecular complexity index is 729. The Morgan fingerprint density at radius 2 is 1.95 bits per heavy atom. The van der Waals surface area contributed by atoms with E-state index in [1.165, 1.54) is 18.2 Å². The molecule has 0 saturated carbocycles. The van der Waals surface area contributed by atoms with Crippen LogP contribution in [0.5, 0.6) is 5.75 Å². The van der Waals surface area contributed by atoms with Crippen LogP contribution < -0.4 is 4.74 Å². The highest BCUT2D eigenvalue weighted by atomic mass is 79.9. The maximum atomic E-state index is 13.5. The SMILES string of the molecule is CS(=O)(=O)c1cccc(OCc2cc(Br)ccc2F)c1. The van der Waals surface area contributed by atoms with Crippen LogP contribution in [0.1, 0.15) is 5.56 Å². The topological polar surface area (TPSA) is 43.4 Å². The summed E-state index contributed by atoms with van der Waals surface area (Å²) >= 11 is 3.26.